The van der Waals surface area contributed by atoms with Gasteiger partial charge in [0.25, 0.3) is 0 Å². The van der Waals surface area contributed by atoms with Crippen molar-refractivity contribution in [2.24, 2.45) is 11.1 Å². The van der Waals surface area contributed by atoms with Crippen molar-refractivity contribution < 1.29 is 46.1 Å². The Morgan fingerprint density at radius 3 is 2.39 bits per heavy atom. The highest BCUT2D eigenvalue weighted by molar-refractivity contribution is 6.31. The molecule has 0 spiro atoms. The third kappa shape index (κ3) is 7.47. The molecule has 0 amide bonds. The van der Waals surface area contributed by atoms with Crippen LogP contribution in [-0.2, 0) is 24.6 Å². The van der Waals surface area contributed by atoms with Gasteiger partial charge < -0.3 is 20.3 Å². The fourth-order valence-corrected chi connectivity index (χ4v) is 5.50. The number of rotatable bonds is 11. The van der Waals surface area contributed by atoms with Crippen LogP contribution in [0.25, 0.3) is 0 Å². The number of hydrogen-bond acceptors (Lipinski definition) is 6. The van der Waals surface area contributed by atoms with Crippen molar-refractivity contribution in [1.29, 1.82) is 0 Å². The smallest absolute Gasteiger partial charge is 0.480 e. The minimum atomic E-state index is -5.10. The van der Waals surface area contributed by atoms with Crippen molar-refractivity contribution >= 4 is 35.1 Å². The fourth-order valence-electron chi connectivity index (χ4n) is 5.16. The standard InChI is InChI=1S/C27H29Cl2F5N2O5/c1-25(2,8-9-40-10-11-41-24(39)27(32,33)34)13-19-26(35,16-7-6-14(28)12-18(16)30)20(22(36-19)23(37)38)15-4-3-5-17(29)21(15)31/h3-7,12,19-20,22,36H,8-11,13,35H2,1-2H3,(H,37,38)/t19-,20-,22+,26+/m0/s1. The SMILES string of the molecule is CC(C)(CCOCCOC(=O)C(F)(F)F)C[C@@H]1N[C@@H](C(=O)O)[C@H](c2cccc(Cl)c2F)[C@@]1(N)c1ccc(Cl)cc1F. The quantitative estimate of drug-likeness (QED) is 0.170. The first-order chi connectivity index (χ1) is 19.0. The van der Waals surface area contributed by atoms with Crippen LogP contribution in [0.2, 0.25) is 10.0 Å². The predicted octanol–water partition coefficient (Wildman–Crippen LogP) is 5.56. The van der Waals surface area contributed by atoms with Crippen LogP contribution in [0.1, 0.15) is 43.7 Å². The summed E-state index contributed by atoms with van der Waals surface area (Å²) in [6.07, 6.45) is -4.64. The number of alkyl halides is 3. The number of aliphatic carboxylic acids is 1. The molecule has 4 N–H and O–H groups in total. The first-order valence-corrected chi connectivity index (χ1v) is 13.2. The summed E-state index contributed by atoms with van der Waals surface area (Å²) >= 11 is 12.0. The van der Waals surface area contributed by atoms with Gasteiger partial charge in [-0.15, -0.1) is 0 Å². The molecule has 41 heavy (non-hydrogen) atoms. The van der Waals surface area contributed by atoms with Crippen molar-refractivity contribution in [3.63, 3.8) is 0 Å². The number of esters is 1. The van der Waals surface area contributed by atoms with E-state index >= 15 is 8.78 Å². The van der Waals surface area contributed by atoms with E-state index in [0.717, 1.165) is 6.07 Å². The molecule has 1 aliphatic heterocycles. The second kappa shape index (κ2) is 12.8. The molecule has 0 bridgehead atoms. The Morgan fingerprint density at radius 1 is 1.10 bits per heavy atom. The molecule has 1 saturated heterocycles. The lowest BCUT2D eigenvalue weighted by atomic mass is 9.68. The number of carboxylic acid groups (broad SMARTS) is 1. The molecule has 1 heterocycles. The highest BCUT2D eigenvalue weighted by Gasteiger charge is 2.58. The molecule has 0 radical (unpaired) electrons. The van der Waals surface area contributed by atoms with E-state index in [-0.39, 0.29) is 40.8 Å². The molecule has 2 aromatic carbocycles. The van der Waals surface area contributed by atoms with E-state index in [1.807, 2.05) is 13.8 Å². The van der Waals surface area contributed by atoms with Gasteiger partial charge in [-0.1, -0.05) is 55.2 Å². The van der Waals surface area contributed by atoms with Crippen LogP contribution in [-0.4, -0.2) is 55.1 Å². The van der Waals surface area contributed by atoms with E-state index in [4.69, 9.17) is 33.7 Å². The van der Waals surface area contributed by atoms with Gasteiger partial charge in [0.05, 0.1) is 17.2 Å². The van der Waals surface area contributed by atoms with Crippen molar-refractivity contribution in [3.8, 4) is 0 Å². The number of carbonyl (C=O) groups excluding carboxylic acids is 1. The number of nitrogens with two attached hydrogens (primary N) is 1. The first kappa shape index (κ1) is 33.0. The number of nitrogens with one attached hydrogen (secondary N) is 1. The maximum Gasteiger partial charge on any atom is 0.490 e. The molecule has 2 aromatic rings. The van der Waals surface area contributed by atoms with Crippen LogP contribution in [0.5, 0.6) is 0 Å². The van der Waals surface area contributed by atoms with E-state index < -0.39 is 65.3 Å². The molecular formula is C27H29Cl2F5N2O5. The van der Waals surface area contributed by atoms with E-state index in [2.05, 4.69) is 10.1 Å². The summed E-state index contributed by atoms with van der Waals surface area (Å²) < 4.78 is 76.9. The summed E-state index contributed by atoms with van der Waals surface area (Å²) in [5.41, 5.74) is 4.34. The van der Waals surface area contributed by atoms with E-state index in [9.17, 15) is 27.9 Å². The second-order valence-electron chi connectivity index (χ2n) is 10.6. The normalized spacial score (nSPS) is 23.0. The number of ether oxygens (including phenoxy) is 2. The molecule has 226 valence electrons. The lowest BCUT2D eigenvalue weighted by Crippen LogP contribution is -2.52. The number of carboxylic acids is 1. The number of hydrogen-bond donors (Lipinski definition) is 3. The van der Waals surface area contributed by atoms with Crippen molar-refractivity contribution in [1.82, 2.24) is 5.32 Å². The molecule has 1 fully saturated rings. The Labute approximate surface area is 243 Å². The molecule has 0 aliphatic carbocycles. The van der Waals surface area contributed by atoms with Crippen LogP contribution in [0.4, 0.5) is 22.0 Å². The van der Waals surface area contributed by atoms with E-state index in [1.165, 1.54) is 30.3 Å². The Kier molecular flexibility index (Phi) is 10.3. The number of carbonyl (C=O) groups is 2. The monoisotopic (exact) mass is 626 g/mol. The van der Waals surface area contributed by atoms with Crippen molar-refractivity contribution in [2.75, 3.05) is 19.8 Å². The molecule has 0 aromatic heterocycles. The molecular weight excluding hydrogens is 598 g/mol. The zero-order valence-corrected chi connectivity index (χ0v) is 23.5. The van der Waals surface area contributed by atoms with Gasteiger partial charge >= 0.3 is 18.1 Å². The average molecular weight is 627 g/mol. The number of halogens is 7. The van der Waals surface area contributed by atoms with Crippen LogP contribution in [0.3, 0.4) is 0 Å². The third-order valence-electron chi connectivity index (χ3n) is 7.16. The van der Waals surface area contributed by atoms with Gasteiger partial charge in [-0.2, -0.15) is 13.2 Å². The topological polar surface area (TPSA) is 111 Å². The van der Waals surface area contributed by atoms with Gasteiger partial charge in [0.1, 0.15) is 24.3 Å². The molecule has 0 saturated carbocycles. The van der Waals surface area contributed by atoms with Gasteiger partial charge in [0, 0.05) is 29.2 Å². The Bertz CT molecular complexity index is 1280. The molecule has 3 rings (SSSR count). The molecule has 0 unspecified atom stereocenters. The fraction of sp³-hybridized carbons (Fsp3) is 0.481. The van der Waals surface area contributed by atoms with Crippen LogP contribution in [0, 0.1) is 17.0 Å². The summed E-state index contributed by atoms with van der Waals surface area (Å²) in [6.45, 7) is 2.78. The maximum atomic E-state index is 15.4. The van der Waals surface area contributed by atoms with Crippen molar-refractivity contribution in [3.05, 3.63) is 69.2 Å². The summed E-state index contributed by atoms with van der Waals surface area (Å²) in [7, 11) is 0. The van der Waals surface area contributed by atoms with Crippen molar-refractivity contribution in [2.45, 2.75) is 56.4 Å². The van der Waals surface area contributed by atoms with Crippen LogP contribution in [0.15, 0.2) is 36.4 Å². The van der Waals surface area contributed by atoms with Gasteiger partial charge in [0.15, 0.2) is 0 Å². The third-order valence-corrected chi connectivity index (χ3v) is 7.68. The minimum absolute atomic E-state index is 0.0465. The summed E-state index contributed by atoms with van der Waals surface area (Å²) in [5.74, 6) is -6.64. The number of benzene rings is 2. The Hall–Kier alpha value is -2.51. The van der Waals surface area contributed by atoms with Gasteiger partial charge in [-0.25, -0.2) is 13.6 Å². The van der Waals surface area contributed by atoms with E-state index in [1.54, 1.807) is 0 Å². The minimum Gasteiger partial charge on any atom is -0.480 e. The van der Waals surface area contributed by atoms with Crippen LogP contribution < -0.4 is 11.1 Å². The lowest BCUT2D eigenvalue weighted by Gasteiger charge is -2.40. The summed E-state index contributed by atoms with van der Waals surface area (Å²) in [5, 5.41) is 12.9. The molecule has 1 aliphatic rings. The maximum absolute atomic E-state index is 15.4. The van der Waals surface area contributed by atoms with Crippen LogP contribution >= 0.6 is 23.2 Å². The summed E-state index contributed by atoms with van der Waals surface area (Å²) in [6, 6.07) is 5.52. The highest BCUT2D eigenvalue weighted by Crippen LogP contribution is 2.50. The Balaban J connectivity index is 1.88. The average Bonchev–Trinajstić information content (AvgIpc) is 3.14. The zero-order chi connectivity index (χ0) is 30.8. The van der Waals surface area contributed by atoms with Gasteiger partial charge in [-0.05, 0) is 42.0 Å². The molecule has 4 atom stereocenters. The highest BCUT2D eigenvalue weighted by atomic mass is 35.5. The van der Waals surface area contributed by atoms with Gasteiger partial charge in [-0.3, -0.25) is 10.1 Å². The van der Waals surface area contributed by atoms with E-state index in [0.29, 0.717) is 6.42 Å². The molecule has 7 nitrogen and oxygen atoms in total. The van der Waals surface area contributed by atoms with Gasteiger partial charge in [0.2, 0.25) is 0 Å². The first-order valence-electron chi connectivity index (χ1n) is 12.5. The molecule has 14 heteroatoms. The lowest BCUT2D eigenvalue weighted by molar-refractivity contribution is -0.200. The largest absolute Gasteiger partial charge is 0.490 e. The zero-order valence-electron chi connectivity index (χ0n) is 22.0. The second-order valence-corrected chi connectivity index (χ2v) is 11.4. The summed E-state index contributed by atoms with van der Waals surface area (Å²) in [4.78, 5) is 23.2. The predicted molar refractivity (Wildman–Crippen MR) is 141 cm³/mol. The Morgan fingerprint density at radius 2 is 1.78 bits per heavy atom.